The van der Waals surface area contributed by atoms with Crippen molar-refractivity contribution in [1.82, 2.24) is 9.88 Å². The van der Waals surface area contributed by atoms with Crippen molar-refractivity contribution < 1.29 is 5.11 Å². The summed E-state index contributed by atoms with van der Waals surface area (Å²) in [4.78, 5) is 6.83. The molecule has 3 nitrogen and oxygen atoms in total. The van der Waals surface area contributed by atoms with Gasteiger partial charge in [-0.25, -0.2) is 4.98 Å². The molecule has 1 aliphatic rings. The predicted octanol–water partition coefficient (Wildman–Crippen LogP) is 4.13. The lowest BCUT2D eigenvalue weighted by atomic mass is 9.98. The molecule has 0 unspecified atom stereocenters. The highest BCUT2D eigenvalue weighted by Gasteiger charge is 2.19. The van der Waals surface area contributed by atoms with Gasteiger partial charge in [-0.1, -0.05) is 18.5 Å². The van der Waals surface area contributed by atoms with Gasteiger partial charge in [0, 0.05) is 23.2 Å². The third-order valence-electron chi connectivity index (χ3n) is 4.39. The molecule has 2 heterocycles. The molecule has 0 aliphatic carbocycles. The first kappa shape index (κ1) is 14.6. The Bertz CT molecular complexity index is 663. The number of fused-ring (bicyclic) bond motifs is 1. The van der Waals surface area contributed by atoms with Crippen LogP contribution in [0.15, 0.2) is 18.2 Å². The van der Waals surface area contributed by atoms with E-state index in [1.165, 1.54) is 12.8 Å². The minimum absolute atomic E-state index is 0.275. The number of hydrogen-bond donors (Lipinski definition) is 1. The van der Waals surface area contributed by atoms with Crippen molar-refractivity contribution >= 4 is 22.5 Å². The molecule has 0 atom stereocenters. The van der Waals surface area contributed by atoms with Gasteiger partial charge in [-0.15, -0.1) is 0 Å². The lowest BCUT2D eigenvalue weighted by Crippen LogP contribution is -2.32. The molecule has 1 aliphatic heterocycles. The average molecular weight is 305 g/mol. The largest absolute Gasteiger partial charge is 0.505 e. The minimum Gasteiger partial charge on any atom is -0.505 e. The summed E-state index contributed by atoms with van der Waals surface area (Å²) < 4.78 is 0. The van der Waals surface area contributed by atoms with Gasteiger partial charge in [0.1, 0.15) is 11.3 Å². The first-order chi connectivity index (χ1) is 10.0. The van der Waals surface area contributed by atoms with Crippen molar-refractivity contribution in [3.05, 3.63) is 34.5 Å². The maximum Gasteiger partial charge on any atom is 0.146 e. The number of halogens is 1. The lowest BCUT2D eigenvalue weighted by Gasteiger charge is -2.30. The summed E-state index contributed by atoms with van der Waals surface area (Å²) in [6.07, 6.45) is 2.44. The first-order valence-electron chi connectivity index (χ1n) is 7.54. The monoisotopic (exact) mass is 304 g/mol. The Hall–Kier alpha value is -1.32. The highest BCUT2D eigenvalue weighted by atomic mass is 35.5. The van der Waals surface area contributed by atoms with Crippen molar-refractivity contribution in [2.75, 3.05) is 13.1 Å². The smallest absolute Gasteiger partial charge is 0.146 e. The second-order valence-electron chi connectivity index (χ2n) is 6.17. The summed E-state index contributed by atoms with van der Waals surface area (Å²) in [6, 6.07) is 5.72. The topological polar surface area (TPSA) is 36.4 Å². The van der Waals surface area contributed by atoms with Gasteiger partial charge in [-0.3, -0.25) is 4.90 Å². The zero-order valence-electron chi connectivity index (χ0n) is 12.6. The van der Waals surface area contributed by atoms with Crippen LogP contribution < -0.4 is 0 Å². The molecule has 0 spiro atoms. The summed E-state index contributed by atoms with van der Waals surface area (Å²) in [5, 5.41) is 12.0. The summed E-state index contributed by atoms with van der Waals surface area (Å²) in [6.45, 7) is 7.12. The van der Waals surface area contributed by atoms with Crippen LogP contribution in [0.2, 0.25) is 5.02 Å². The number of phenols is 1. The zero-order valence-corrected chi connectivity index (χ0v) is 13.3. The van der Waals surface area contributed by atoms with Crippen molar-refractivity contribution in [2.45, 2.75) is 33.2 Å². The normalized spacial score (nSPS) is 17.5. The fraction of sp³-hybridized carbons (Fsp3) is 0.471. The molecule has 3 rings (SSSR count). The number of pyridine rings is 1. The fourth-order valence-electron chi connectivity index (χ4n) is 2.96. The molecule has 2 aromatic rings. The quantitative estimate of drug-likeness (QED) is 0.906. The van der Waals surface area contributed by atoms with Crippen LogP contribution in [0.5, 0.6) is 5.75 Å². The third kappa shape index (κ3) is 2.99. The van der Waals surface area contributed by atoms with Gasteiger partial charge < -0.3 is 5.11 Å². The van der Waals surface area contributed by atoms with Crippen molar-refractivity contribution in [1.29, 1.82) is 0 Å². The SMILES string of the molecule is Cc1ccc2c(Cl)cc(CN3CCC(C)CC3)c(O)c2n1. The number of aromatic hydroxyl groups is 1. The van der Waals surface area contributed by atoms with Crippen LogP contribution in [0.25, 0.3) is 10.9 Å². The number of piperidine rings is 1. The molecule has 1 fully saturated rings. The molecule has 1 N–H and O–H groups in total. The highest BCUT2D eigenvalue weighted by molar-refractivity contribution is 6.35. The molecule has 0 saturated carbocycles. The number of nitrogens with zero attached hydrogens (tertiary/aromatic N) is 2. The maximum atomic E-state index is 10.5. The number of likely N-dealkylation sites (tertiary alicyclic amines) is 1. The Labute approximate surface area is 130 Å². The van der Waals surface area contributed by atoms with E-state index in [1.807, 2.05) is 25.1 Å². The number of aromatic nitrogens is 1. The van der Waals surface area contributed by atoms with Crippen molar-refractivity contribution in [3.8, 4) is 5.75 Å². The van der Waals surface area contributed by atoms with Crippen LogP contribution in [0.3, 0.4) is 0 Å². The second kappa shape index (κ2) is 5.82. The molecular formula is C17H21ClN2O. The number of hydrogen-bond acceptors (Lipinski definition) is 3. The minimum atomic E-state index is 0.275. The Morgan fingerprint density at radius 1 is 1.33 bits per heavy atom. The second-order valence-corrected chi connectivity index (χ2v) is 6.58. The third-order valence-corrected chi connectivity index (χ3v) is 4.70. The van der Waals surface area contributed by atoms with Gasteiger partial charge >= 0.3 is 0 Å². The summed E-state index contributed by atoms with van der Waals surface area (Å²) in [5.74, 6) is 1.08. The van der Waals surface area contributed by atoms with Crippen LogP contribution in [0, 0.1) is 12.8 Å². The summed E-state index contributed by atoms with van der Waals surface area (Å²) in [7, 11) is 0. The van der Waals surface area contributed by atoms with Crippen LogP contribution in [-0.2, 0) is 6.54 Å². The zero-order chi connectivity index (χ0) is 15.0. The van der Waals surface area contributed by atoms with Crippen LogP contribution in [0.1, 0.15) is 31.0 Å². The maximum absolute atomic E-state index is 10.5. The van der Waals surface area contributed by atoms with Gasteiger partial charge in [0.2, 0.25) is 0 Å². The van der Waals surface area contributed by atoms with E-state index < -0.39 is 0 Å². The fourth-order valence-corrected chi connectivity index (χ4v) is 3.25. The number of rotatable bonds is 2. The first-order valence-corrected chi connectivity index (χ1v) is 7.92. The lowest BCUT2D eigenvalue weighted by molar-refractivity contribution is 0.184. The Morgan fingerprint density at radius 3 is 2.76 bits per heavy atom. The molecule has 21 heavy (non-hydrogen) atoms. The van der Waals surface area contributed by atoms with E-state index in [0.717, 1.165) is 42.2 Å². The molecule has 112 valence electrons. The summed E-state index contributed by atoms with van der Waals surface area (Å²) in [5.41, 5.74) is 2.38. The Balaban J connectivity index is 1.93. The van der Waals surface area contributed by atoms with Crippen LogP contribution in [-0.4, -0.2) is 28.1 Å². The van der Waals surface area contributed by atoms with E-state index in [1.54, 1.807) is 0 Å². The highest BCUT2D eigenvalue weighted by Crippen LogP contribution is 2.34. The molecule has 1 aromatic carbocycles. The van der Waals surface area contributed by atoms with E-state index in [-0.39, 0.29) is 5.75 Å². The van der Waals surface area contributed by atoms with E-state index in [0.29, 0.717) is 10.5 Å². The molecular weight excluding hydrogens is 284 g/mol. The van der Waals surface area contributed by atoms with Crippen molar-refractivity contribution in [3.63, 3.8) is 0 Å². The van der Waals surface area contributed by atoms with Gasteiger partial charge in [0.05, 0.1) is 5.02 Å². The van der Waals surface area contributed by atoms with Gasteiger partial charge in [-0.05, 0) is 57.0 Å². The number of aryl methyl sites for hydroxylation is 1. The van der Waals surface area contributed by atoms with Gasteiger partial charge in [0.15, 0.2) is 0 Å². The van der Waals surface area contributed by atoms with Gasteiger partial charge in [-0.2, -0.15) is 0 Å². The van der Waals surface area contributed by atoms with E-state index in [2.05, 4.69) is 16.8 Å². The molecule has 1 aromatic heterocycles. The van der Waals surface area contributed by atoms with Crippen molar-refractivity contribution in [2.24, 2.45) is 5.92 Å². The Morgan fingerprint density at radius 2 is 2.05 bits per heavy atom. The van der Waals surface area contributed by atoms with E-state index in [4.69, 9.17) is 11.6 Å². The molecule has 4 heteroatoms. The molecule has 0 radical (unpaired) electrons. The average Bonchev–Trinajstić information content (AvgIpc) is 2.46. The standard InChI is InChI=1S/C17H21ClN2O/c1-11-5-7-20(8-6-11)10-13-9-15(18)14-4-3-12(2)19-16(14)17(13)21/h3-4,9,11,21H,5-8,10H2,1-2H3. The Kier molecular flexibility index (Phi) is 4.05. The van der Waals surface area contributed by atoms with E-state index in [9.17, 15) is 5.11 Å². The number of benzene rings is 1. The summed E-state index contributed by atoms with van der Waals surface area (Å²) >= 11 is 6.36. The predicted molar refractivity (Wildman–Crippen MR) is 86.8 cm³/mol. The number of phenolic OH excluding ortho intramolecular Hbond substituents is 1. The van der Waals surface area contributed by atoms with Crippen LogP contribution >= 0.6 is 11.6 Å². The molecule has 1 saturated heterocycles. The molecule has 0 amide bonds. The van der Waals surface area contributed by atoms with Crippen LogP contribution in [0.4, 0.5) is 0 Å². The molecule has 0 bridgehead atoms. The van der Waals surface area contributed by atoms with E-state index >= 15 is 0 Å². The van der Waals surface area contributed by atoms with Gasteiger partial charge in [0.25, 0.3) is 0 Å².